The molecule has 0 unspecified atom stereocenters. The van der Waals surface area contributed by atoms with E-state index < -0.39 is 0 Å². The van der Waals surface area contributed by atoms with Gasteiger partial charge in [0.05, 0.1) is 5.34 Å². The van der Waals surface area contributed by atoms with E-state index in [0.29, 0.717) is 20.6 Å². The van der Waals surface area contributed by atoms with Gasteiger partial charge in [-0.3, -0.25) is 0 Å². The number of rotatable bonds is 7. The van der Waals surface area contributed by atoms with E-state index in [-0.39, 0.29) is 79.0 Å². The molecule has 0 saturated heterocycles. The van der Waals surface area contributed by atoms with Crippen molar-refractivity contribution >= 4 is 61.0 Å². The van der Waals surface area contributed by atoms with Gasteiger partial charge in [0.25, 0.3) is 0 Å². The van der Waals surface area contributed by atoms with Crippen LogP contribution in [0.5, 0.6) is 0 Å². The summed E-state index contributed by atoms with van der Waals surface area (Å²) in [6.45, 7) is 39.3. The summed E-state index contributed by atoms with van der Waals surface area (Å²) in [5.74, 6) is 0. The molecule has 9 heteroatoms. The van der Waals surface area contributed by atoms with Crippen LogP contribution in [0, 0.1) is 6.92 Å². The van der Waals surface area contributed by atoms with Crippen LogP contribution in [-0.2, 0) is 40.8 Å². The molecule has 0 aliphatic rings. The van der Waals surface area contributed by atoms with E-state index in [1.807, 2.05) is 0 Å². The second-order valence-corrected chi connectivity index (χ2v) is 24.8. The Bertz CT molecular complexity index is 961. The zero-order chi connectivity index (χ0) is 38.5. The molecular formula is C42H77BrCl2N2P2Pd2-2. The van der Waals surface area contributed by atoms with Crippen molar-refractivity contribution < 1.29 is 57.8 Å². The normalized spacial score (nSPS) is 10.8. The topological polar surface area (TPSA) is 6.48 Å². The average Bonchev–Trinajstić information content (AvgIpc) is 2.91. The summed E-state index contributed by atoms with van der Waals surface area (Å²) < 4.78 is 0. The van der Waals surface area contributed by atoms with Crippen LogP contribution in [0.15, 0.2) is 61.2 Å². The van der Waals surface area contributed by atoms with Crippen molar-refractivity contribution in [2.45, 2.75) is 143 Å². The largest absolute Gasteiger partial charge is 1.00 e. The smallest absolute Gasteiger partial charge is 0.0967 e. The van der Waals surface area contributed by atoms with Crippen LogP contribution < -0.4 is 37.4 Å². The van der Waals surface area contributed by atoms with E-state index in [4.69, 9.17) is 23.2 Å². The standard InChI is InChI=1S/2C16H28NP.C6H14.C3H5.CH2Cl2.BrH.2Pd/c2*1-15(2,3)18(16(4,5)6)14-11-9-13(10-12-14)17(7)8;1-3-5-6-4-2;1-3-2;2-1-3;;;/h2*9-12H,1-8H3;3-6H2,1-2H3;3H,1-2H2;1H2;1H;;/q;;;-1;;;;/p-1. The van der Waals surface area contributed by atoms with E-state index in [1.165, 1.54) is 53.7 Å². The second kappa shape index (κ2) is 32.0. The molecule has 0 saturated carbocycles. The molecular weight excluding hydrogens is 958 g/mol. The fourth-order valence-corrected chi connectivity index (χ4v) is 13.9. The third kappa shape index (κ3) is 29.8. The molecule has 0 amide bonds. The van der Waals surface area contributed by atoms with Crippen molar-refractivity contribution in [1.29, 1.82) is 0 Å². The minimum atomic E-state index is -0.188. The van der Waals surface area contributed by atoms with E-state index in [0.717, 1.165) is 0 Å². The zero-order valence-corrected chi connectivity index (χ0v) is 43.7. The van der Waals surface area contributed by atoms with Crippen LogP contribution in [0.4, 0.5) is 11.4 Å². The molecule has 308 valence electrons. The molecule has 2 aromatic carbocycles. The van der Waals surface area contributed by atoms with Crippen molar-refractivity contribution in [3.8, 4) is 0 Å². The number of halogens is 3. The Morgan fingerprint density at radius 3 is 0.863 bits per heavy atom. The maximum Gasteiger partial charge on any atom is 0.0967 e. The number of hydrogen-bond donors (Lipinski definition) is 0. The van der Waals surface area contributed by atoms with Gasteiger partial charge in [-0.2, -0.15) is 0 Å². The van der Waals surface area contributed by atoms with E-state index >= 15 is 0 Å². The zero-order valence-electron chi connectivity index (χ0n) is 35.7. The van der Waals surface area contributed by atoms with Gasteiger partial charge in [-0.25, -0.2) is 19.6 Å². The second-order valence-electron chi connectivity index (χ2n) is 16.3. The first-order chi connectivity index (χ1) is 21.8. The minimum Gasteiger partial charge on any atom is -1.00 e. The van der Waals surface area contributed by atoms with Crippen molar-refractivity contribution in [2.24, 2.45) is 0 Å². The first-order valence-corrected chi connectivity index (χ1v) is 21.2. The van der Waals surface area contributed by atoms with Crippen LogP contribution in [0.2, 0.25) is 0 Å². The van der Waals surface area contributed by atoms with Crippen LogP contribution in [0.1, 0.15) is 123 Å². The predicted molar refractivity (Wildman–Crippen MR) is 236 cm³/mol. The number of anilines is 2. The molecule has 2 rings (SSSR count). The number of nitrogens with zero attached hydrogens (tertiary/aromatic N) is 2. The van der Waals surface area contributed by atoms with Crippen LogP contribution in [0.25, 0.3) is 0 Å². The van der Waals surface area contributed by atoms with Gasteiger partial charge in [-0.15, -0.1) is 23.2 Å². The first kappa shape index (κ1) is 63.8. The Morgan fingerprint density at radius 1 is 0.569 bits per heavy atom. The van der Waals surface area contributed by atoms with Crippen LogP contribution in [-0.4, -0.2) is 54.2 Å². The summed E-state index contributed by atoms with van der Waals surface area (Å²) >= 11 is 9.53. The summed E-state index contributed by atoms with van der Waals surface area (Å²) in [6.07, 6.45) is 7.04. The van der Waals surface area contributed by atoms with E-state index in [9.17, 15) is 0 Å². The summed E-state index contributed by atoms with van der Waals surface area (Å²) in [4.78, 5) is 4.31. The third-order valence-corrected chi connectivity index (χ3v) is 13.9. The van der Waals surface area contributed by atoms with Crippen molar-refractivity contribution in [1.82, 2.24) is 0 Å². The number of benzene rings is 2. The van der Waals surface area contributed by atoms with Gasteiger partial charge in [-0.1, -0.05) is 163 Å². The van der Waals surface area contributed by atoms with Crippen LogP contribution >= 0.6 is 39.0 Å². The quantitative estimate of drug-likeness (QED) is 0.0897. The molecule has 0 fully saturated rings. The SMILES string of the molecule is C=C[CH2-].CCCCCC.CN(C)c1ccc(P(C(C)(C)C)C(C)(C)C)cc1.CN(C)c1ccc(P(C(C)(C)C)C(C)(C)C)cc1.ClCCl.[Br-].[Pd].[Pd]. The Balaban J connectivity index is -0.000000145. The summed E-state index contributed by atoms with van der Waals surface area (Å²) in [5, 5.41) is 4.58. The molecule has 0 heterocycles. The Morgan fingerprint density at radius 2 is 0.745 bits per heavy atom. The number of allylic oxidation sites excluding steroid dienone is 1. The molecule has 2 aromatic rings. The summed E-state index contributed by atoms with van der Waals surface area (Å²) in [7, 11) is 7.98. The fourth-order valence-electron chi connectivity index (χ4n) is 5.86. The number of alkyl halides is 2. The molecule has 2 nitrogen and oxygen atoms in total. The fraction of sp³-hybridized carbons (Fsp3) is 0.643. The molecule has 0 radical (unpaired) electrons. The maximum atomic E-state index is 4.76. The predicted octanol–water partition coefficient (Wildman–Crippen LogP) is 10.9. The third-order valence-electron chi connectivity index (χ3n) is 6.89. The van der Waals surface area contributed by atoms with E-state index in [2.05, 4.69) is 197 Å². The van der Waals surface area contributed by atoms with Gasteiger partial charge in [-0.05, 0) is 55.5 Å². The van der Waals surface area contributed by atoms with Crippen molar-refractivity contribution in [3.05, 3.63) is 68.1 Å². The van der Waals surface area contributed by atoms with Crippen molar-refractivity contribution in [3.63, 3.8) is 0 Å². The van der Waals surface area contributed by atoms with Gasteiger partial charge in [0.1, 0.15) is 0 Å². The minimum absolute atomic E-state index is 0. The van der Waals surface area contributed by atoms with Gasteiger partial charge in [0.2, 0.25) is 0 Å². The number of hydrogen-bond acceptors (Lipinski definition) is 2. The molecule has 0 atom stereocenters. The molecule has 0 N–H and O–H groups in total. The molecule has 0 bridgehead atoms. The van der Waals surface area contributed by atoms with Crippen LogP contribution in [0.3, 0.4) is 0 Å². The molecule has 0 aliphatic carbocycles. The maximum absolute atomic E-state index is 4.76. The molecule has 0 aromatic heterocycles. The molecule has 0 aliphatic heterocycles. The Kier molecular flexibility index (Phi) is 40.1. The van der Waals surface area contributed by atoms with Gasteiger partial charge < -0.3 is 26.8 Å². The average molecular weight is 1040 g/mol. The summed E-state index contributed by atoms with van der Waals surface area (Å²) in [5.41, 5.74) is 2.55. The van der Waals surface area contributed by atoms with E-state index in [1.54, 1.807) is 0 Å². The monoisotopic (exact) mass is 1030 g/mol. The summed E-state index contributed by atoms with van der Waals surface area (Å²) in [6, 6.07) is 18.2. The van der Waals surface area contributed by atoms with Gasteiger partial charge in [0.15, 0.2) is 0 Å². The first-order valence-electron chi connectivity index (χ1n) is 17.5. The van der Waals surface area contributed by atoms with Gasteiger partial charge >= 0.3 is 0 Å². The molecule has 51 heavy (non-hydrogen) atoms. The van der Waals surface area contributed by atoms with Crippen molar-refractivity contribution in [2.75, 3.05) is 43.3 Å². The molecule has 0 spiro atoms. The Hall–Kier alpha value is 0.895. The number of unbranched alkanes of at least 4 members (excludes halogenated alkanes) is 3. The Labute approximate surface area is 370 Å². The van der Waals surface area contributed by atoms with Gasteiger partial charge in [0, 0.05) is 80.4 Å².